The van der Waals surface area contributed by atoms with Crippen LogP contribution in [0.25, 0.3) is 0 Å². The van der Waals surface area contributed by atoms with Crippen molar-refractivity contribution in [3.63, 3.8) is 0 Å². The van der Waals surface area contributed by atoms with Gasteiger partial charge in [0.2, 0.25) is 0 Å². The first-order valence-corrected chi connectivity index (χ1v) is 11.1. The second-order valence-corrected chi connectivity index (χ2v) is 8.80. The minimum Gasteiger partial charge on any atom is -0.484 e. The van der Waals surface area contributed by atoms with E-state index in [1.807, 2.05) is 6.07 Å². The van der Waals surface area contributed by atoms with Gasteiger partial charge in [-0.25, -0.2) is 8.78 Å². The molecule has 0 N–H and O–H groups in total. The fourth-order valence-corrected chi connectivity index (χ4v) is 5.07. The van der Waals surface area contributed by atoms with Crippen LogP contribution in [0.15, 0.2) is 24.3 Å². The average molecular weight is 421 g/mol. The highest BCUT2D eigenvalue weighted by atomic mass is 32.1. The Labute approximate surface area is 174 Å². The Balaban J connectivity index is 1.31. The van der Waals surface area contributed by atoms with Gasteiger partial charge in [0.1, 0.15) is 0 Å². The molecule has 1 aromatic carbocycles. The van der Waals surface area contributed by atoms with Crippen LogP contribution in [0.5, 0.6) is 5.06 Å². The lowest BCUT2D eigenvalue weighted by Gasteiger charge is -2.27. The molecule has 4 nitrogen and oxygen atoms in total. The third kappa shape index (κ3) is 4.78. The lowest BCUT2D eigenvalue weighted by atomic mass is 10.1. The van der Waals surface area contributed by atoms with Gasteiger partial charge in [0.05, 0.1) is 12.2 Å². The molecule has 29 heavy (non-hydrogen) atoms. The molecule has 1 saturated heterocycles. The summed E-state index contributed by atoms with van der Waals surface area (Å²) in [5.74, 6) is -2.54. The average Bonchev–Trinajstić information content (AvgIpc) is 3.15. The first-order chi connectivity index (χ1) is 14.1. The molecule has 3 heterocycles. The number of hydrogen-bond acceptors (Lipinski definition) is 4. The van der Waals surface area contributed by atoms with Crippen LogP contribution in [0.3, 0.4) is 0 Å². The third-order valence-corrected chi connectivity index (χ3v) is 6.77. The van der Waals surface area contributed by atoms with E-state index in [9.17, 15) is 13.6 Å². The van der Waals surface area contributed by atoms with Crippen molar-refractivity contribution in [1.29, 1.82) is 0 Å². The molecule has 0 radical (unpaired) electrons. The number of amides is 1. The van der Waals surface area contributed by atoms with Crippen molar-refractivity contribution in [2.75, 3.05) is 32.8 Å². The summed E-state index contributed by atoms with van der Waals surface area (Å²) in [4.78, 5) is 17.9. The van der Waals surface area contributed by atoms with Crippen LogP contribution >= 0.6 is 11.3 Å². The summed E-state index contributed by atoms with van der Waals surface area (Å²) in [5, 5.41) is 0.875. The van der Waals surface area contributed by atoms with Gasteiger partial charge < -0.3 is 14.5 Å². The van der Waals surface area contributed by atoms with Gasteiger partial charge >= 0.3 is 0 Å². The highest BCUT2D eigenvalue weighted by molar-refractivity contribution is 7.14. The molecule has 2 aliphatic heterocycles. The zero-order valence-electron chi connectivity index (χ0n) is 16.5. The lowest BCUT2D eigenvalue weighted by molar-refractivity contribution is 0.0730. The largest absolute Gasteiger partial charge is 0.484 e. The van der Waals surface area contributed by atoms with Crippen molar-refractivity contribution >= 4 is 17.2 Å². The van der Waals surface area contributed by atoms with E-state index in [1.165, 1.54) is 49.4 Å². The molecule has 0 aliphatic carbocycles. The topological polar surface area (TPSA) is 32.8 Å². The van der Waals surface area contributed by atoms with Crippen molar-refractivity contribution in [3.8, 4) is 5.06 Å². The van der Waals surface area contributed by atoms with E-state index < -0.39 is 17.5 Å². The lowest BCUT2D eigenvalue weighted by Crippen LogP contribution is -2.35. The van der Waals surface area contributed by atoms with Crippen LogP contribution in [0, 0.1) is 11.6 Å². The molecule has 0 bridgehead atoms. The van der Waals surface area contributed by atoms with Gasteiger partial charge in [0.15, 0.2) is 16.7 Å². The normalized spacial score (nSPS) is 17.2. The molecule has 1 fully saturated rings. The quantitative estimate of drug-likeness (QED) is 0.646. The van der Waals surface area contributed by atoms with Crippen LogP contribution in [0.1, 0.15) is 46.5 Å². The Kier molecular flexibility index (Phi) is 6.45. The zero-order chi connectivity index (χ0) is 20.2. The predicted octanol–water partition coefficient (Wildman–Crippen LogP) is 4.48. The Bertz CT molecular complexity index is 864. The number of nitrogens with zero attached hydrogens (tertiary/aromatic N) is 2. The highest BCUT2D eigenvalue weighted by Crippen LogP contribution is 2.34. The molecular formula is C22H26F2N2O2S. The second kappa shape index (κ2) is 9.22. The summed E-state index contributed by atoms with van der Waals surface area (Å²) < 4.78 is 33.4. The summed E-state index contributed by atoms with van der Waals surface area (Å²) in [5.41, 5.74) is 0.829. The first kappa shape index (κ1) is 20.3. The van der Waals surface area contributed by atoms with Crippen LogP contribution in [0.4, 0.5) is 8.78 Å². The van der Waals surface area contributed by atoms with E-state index in [1.54, 1.807) is 16.2 Å². The summed E-state index contributed by atoms with van der Waals surface area (Å²) in [6.45, 7) is 5.06. The maximum Gasteiger partial charge on any atom is 0.257 e. The van der Waals surface area contributed by atoms with E-state index in [4.69, 9.17) is 4.74 Å². The number of carbonyl (C=O) groups excluding carboxylic acids is 1. The molecule has 0 atom stereocenters. The standard InChI is InChI=1S/C22H26F2N2O2S/c23-18-7-4-6-17(21(18)24)22(27)26-12-8-19-16(15-26)14-20(29-19)28-13-5-11-25-9-2-1-3-10-25/h4,6-7,14H,1-3,5,8-13,15H2. The summed E-state index contributed by atoms with van der Waals surface area (Å²) >= 11 is 1.63. The van der Waals surface area contributed by atoms with Crippen molar-refractivity contribution in [2.45, 2.75) is 38.6 Å². The molecule has 7 heteroatoms. The monoisotopic (exact) mass is 420 g/mol. The number of benzene rings is 1. The molecule has 1 amide bonds. The van der Waals surface area contributed by atoms with Crippen molar-refractivity contribution in [3.05, 3.63) is 51.9 Å². The van der Waals surface area contributed by atoms with E-state index in [0.717, 1.165) is 29.7 Å². The molecule has 2 aromatic rings. The van der Waals surface area contributed by atoms with Gasteiger partial charge in [0, 0.05) is 24.5 Å². The maximum atomic E-state index is 14.0. The summed E-state index contributed by atoms with van der Waals surface area (Å²) in [6, 6.07) is 5.71. The fourth-order valence-electron chi connectivity index (χ4n) is 4.03. The molecule has 1 aromatic heterocycles. The van der Waals surface area contributed by atoms with Crippen LogP contribution in [-0.2, 0) is 13.0 Å². The highest BCUT2D eigenvalue weighted by Gasteiger charge is 2.26. The minimum atomic E-state index is -1.08. The van der Waals surface area contributed by atoms with Crippen molar-refractivity contribution in [2.24, 2.45) is 0 Å². The van der Waals surface area contributed by atoms with E-state index >= 15 is 0 Å². The zero-order valence-corrected chi connectivity index (χ0v) is 17.3. The molecule has 4 rings (SSSR count). The van der Waals surface area contributed by atoms with Crippen LogP contribution in [0.2, 0.25) is 0 Å². The number of carbonyl (C=O) groups is 1. The summed E-state index contributed by atoms with van der Waals surface area (Å²) in [7, 11) is 0. The number of halogens is 2. The Morgan fingerprint density at radius 3 is 2.79 bits per heavy atom. The summed E-state index contributed by atoms with van der Waals surface area (Å²) in [6.07, 6.45) is 5.66. The van der Waals surface area contributed by atoms with Crippen molar-refractivity contribution in [1.82, 2.24) is 9.80 Å². The fraction of sp³-hybridized carbons (Fsp3) is 0.500. The number of rotatable bonds is 6. The molecule has 0 unspecified atom stereocenters. The van der Waals surface area contributed by atoms with E-state index in [2.05, 4.69) is 4.90 Å². The SMILES string of the molecule is O=C(c1cccc(F)c1F)N1CCc2sc(OCCCN3CCCCC3)cc2C1. The van der Waals surface area contributed by atoms with Gasteiger partial charge in [-0.3, -0.25) is 4.79 Å². The Hall–Kier alpha value is -1.99. The number of thiophene rings is 1. The number of hydrogen-bond donors (Lipinski definition) is 0. The van der Waals surface area contributed by atoms with Crippen LogP contribution < -0.4 is 4.74 Å². The predicted molar refractivity (Wildman–Crippen MR) is 110 cm³/mol. The van der Waals surface area contributed by atoms with E-state index in [0.29, 0.717) is 26.1 Å². The molecule has 0 spiro atoms. The smallest absolute Gasteiger partial charge is 0.257 e. The van der Waals surface area contributed by atoms with Gasteiger partial charge in [-0.1, -0.05) is 12.5 Å². The number of likely N-dealkylation sites (tertiary alicyclic amines) is 1. The first-order valence-electron chi connectivity index (χ1n) is 10.3. The number of fused-ring (bicyclic) bond motifs is 1. The van der Waals surface area contributed by atoms with E-state index in [-0.39, 0.29) is 5.56 Å². The maximum absolute atomic E-state index is 14.0. The second-order valence-electron chi connectivity index (χ2n) is 7.70. The molecule has 156 valence electrons. The minimum absolute atomic E-state index is 0.210. The molecule has 2 aliphatic rings. The van der Waals surface area contributed by atoms with Crippen molar-refractivity contribution < 1.29 is 18.3 Å². The third-order valence-electron chi connectivity index (χ3n) is 5.62. The van der Waals surface area contributed by atoms with Gasteiger partial charge in [-0.2, -0.15) is 0 Å². The molecule has 0 saturated carbocycles. The van der Waals surface area contributed by atoms with Gasteiger partial charge in [-0.15, -0.1) is 11.3 Å². The Morgan fingerprint density at radius 1 is 1.14 bits per heavy atom. The number of ether oxygens (including phenoxy) is 1. The Morgan fingerprint density at radius 2 is 1.97 bits per heavy atom. The van der Waals surface area contributed by atoms with Gasteiger partial charge in [-0.05, 0) is 62.5 Å². The van der Waals surface area contributed by atoms with Gasteiger partial charge in [0.25, 0.3) is 5.91 Å². The van der Waals surface area contributed by atoms with Crippen LogP contribution in [-0.4, -0.2) is 48.5 Å². The molecular weight excluding hydrogens is 394 g/mol. The number of piperidine rings is 1.